The van der Waals surface area contributed by atoms with Gasteiger partial charge in [-0.05, 0) is 62.5 Å². The molecule has 1 saturated heterocycles. The van der Waals surface area contributed by atoms with E-state index in [1.54, 1.807) is 0 Å². The van der Waals surface area contributed by atoms with Crippen molar-refractivity contribution in [3.8, 4) is 5.75 Å². The van der Waals surface area contributed by atoms with Crippen LogP contribution in [0.15, 0.2) is 24.3 Å². The second kappa shape index (κ2) is 7.29. The van der Waals surface area contributed by atoms with E-state index in [2.05, 4.69) is 11.8 Å². The molecule has 0 aliphatic carbocycles. The lowest BCUT2D eigenvalue weighted by Crippen LogP contribution is -2.29. The van der Waals surface area contributed by atoms with Crippen molar-refractivity contribution in [2.24, 2.45) is 11.7 Å². The molecule has 0 aromatic heterocycles. The van der Waals surface area contributed by atoms with Crippen LogP contribution in [0.2, 0.25) is 0 Å². The van der Waals surface area contributed by atoms with Crippen molar-refractivity contribution < 1.29 is 4.74 Å². The first-order valence-corrected chi connectivity index (χ1v) is 7.45. The highest BCUT2D eigenvalue weighted by Gasteiger charge is 2.13. The maximum atomic E-state index is 7.35. The number of ether oxygens (including phenoxy) is 1. The zero-order chi connectivity index (χ0) is 14.4. The van der Waals surface area contributed by atoms with Gasteiger partial charge in [0.25, 0.3) is 0 Å². The molecule has 1 aromatic rings. The molecule has 1 unspecified atom stereocenters. The van der Waals surface area contributed by atoms with E-state index in [-0.39, 0.29) is 5.84 Å². The molecule has 1 atom stereocenters. The lowest BCUT2D eigenvalue weighted by Gasteiger charge is -2.20. The monoisotopic (exact) mass is 275 g/mol. The maximum absolute atomic E-state index is 7.35. The van der Waals surface area contributed by atoms with Crippen LogP contribution in [0, 0.1) is 11.3 Å². The summed E-state index contributed by atoms with van der Waals surface area (Å²) in [7, 11) is 0. The molecule has 0 radical (unpaired) electrons. The lowest BCUT2D eigenvalue weighted by atomic mass is 10.0. The van der Waals surface area contributed by atoms with E-state index in [9.17, 15) is 0 Å². The minimum atomic E-state index is 0.0928. The van der Waals surface area contributed by atoms with Crippen molar-refractivity contribution in [1.82, 2.24) is 4.90 Å². The zero-order valence-corrected chi connectivity index (χ0v) is 12.3. The SMILES string of the molecule is CC1CCCN(CCOc2ccc(C(=N)N)cc2)CC1. The van der Waals surface area contributed by atoms with Crippen LogP contribution in [0.4, 0.5) is 0 Å². The smallest absolute Gasteiger partial charge is 0.122 e. The number of hydrogen-bond donors (Lipinski definition) is 2. The molecule has 4 nitrogen and oxygen atoms in total. The fourth-order valence-corrected chi connectivity index (χ4v) is 2.57. The summed E-state index contributed by atoms with van der Waals surface area (Å²) in [5.74, 6) is 1.80. The third kappa shape index (κ3) is 4.53. The van der Waals surface area contributed by atoms with Crippen molar-refractivity contribution in [3.05, 3.63) is 29.8 Å². The highest BCUT2D eigenvalue weighted by molar-refractivity contribution is 5.94. The van der Waals surface area contributed by atoms with E-state index in [1.165, 1.54) is 32.4 Å². The Morgan fingerprint density at radius 2 is 2.05 bits per heavy atom. The highest BCUT2D eigenvalue weighted by Crippen LogP contribution is 2.16. The van der Waals surface area contributed by atoms with Gasteiger partial charge in [-0.25, -0.2) is 0 Å². The standard InChI is InChI=1S/C16H25N3O/c1-13-3-2-9-19(10-8-13)11-12-20-15-6-4-14(5-7-15)16(17)18/h4-7,13H,2-3,8-12H2,1H3,(H3,17,18). The van der Waals surface area contributed by atoms with Gasteiger partial charge >= 0.3 is 0 Å². The quantitative estimate of drug-likeness (QED) is 0.641. The first kappa shape index (κ1) is 14.9. The number of amidine groups is 1. The molecule has 0 saturated carbocycles. The molecule has 4 heteroatoms. The van der Waals surface area contributed by atoms with Gasteiger partial charge in [0.1, 0.15) is 18.2 Å². The van der Waals surface area contributed by atoms with E-state index < -0.39 is 0 Å². The Kier molecular flexibility index (Phi) is 5.41. The third-order valence-electron chi connectivity index (χ3n) is 3.95. The maximum Gasteiger partial charge on any atom is 0.122 e. The number of nitrogens with two attached hydrogens (primary N) is 1. The Labute approximate surface area is 121 Å². The van der Waals surface area contributed by atoms with Crippen molar-refractivity contribution >= 4 is 5.84 Å². The molecule has 20 heavy (non-hydrogen) atoms. The number of likely N-dealkylation sites (tertiary alicyclic amines) is 1. The van der Waals surface area contributed by atoms with Crippen molar-refractivity contribution in [1.29, 1.82) is 5.41 Å². The zero-order valence-electron chi connectivity index (χ0n) is 12.3. The summed E-state index contributed by atoms with van der Waals surface area (Å²) in [6.45, 7) is 6.43. The molecule has 3 N–H and O–H groups in total. The van der Waals surface area contributed by atoms with Gasteiger partial charge in [-0.1, -0.05) is 6.92 Å². The summed E-state index contributed by atoms with van der Waals surface area (Å²) < 4.78 is 5.76. The van der Waals surface area contributed by atoms with Crippen LogP contribution in [0.5, 0.6) is 5.75 Å². The topological polar surface area (TPSA) is 62.3 Å². The van der Waals surface area contributed by atoms with Gasteiger partial charge in [-0.15, -0.1) is 0 Å². The van der Waals surface area contributed by atoms with Crippen LogP contribution in [0.1, 0.15) is 31.7 Å². The van der Waals surface area contributed by atoms with Gasteiger partial charge in [-0.2, -0.15) is 0 Å². The minimum Gasteiger partial charge on any atom is -0.492 e. The Bertz CT molecular complexity index is 430. The molecule has 1 aromatic carbocycles. The summed E-state index contributed by atoms with van der Waals surface area (Å²) in [5.41, 5.74) is 6.16. The van der Waals surface area contributed by atoms with Gasteiger partial charge in [-0.3, -0.25) is 10.3 Å². The Hall–Kier alpha value is -1.55. The highest BCUT2D eigenvalue weighted by atomic mass is 16.5. The molecule has 110 valence electrons. The van der Waals surface area contributed by atoms with Gasteiger partial charge in [0.15, 0.2) is 0 Å². The fraction of sp³-hybridized carbons (Fsp3) is 0.562. The second-order valence-corrected chi connectivity index (χ2v) is 5.66. The van der Waals surface area contributed by atoms with Crippen molar-refractivity contribution in [3.63, 3.8) is 0 Å². The number of benzene rings is 1. The lowest BCUT2D eigenvalue weighted by molar-refractivity contribution is 0.212. The van der Waals surface area contributed by atoms with Crippen molar-refractivity contribution in [2.45, 2.75) is 26.2 Å². The summed E-state index contributed by atoms with van der Waals surface area (Å²) in [4.78, 5) is 2.49. The van der Waals surface area contributed by atoms with E-state index in [0.29, 0.717) is 6.61 Å². The fourth-order valence-electron chi connectivity index (χ4n) is 2.57. The van der Waals surface area contributed by atoms with Gasteiger partial charge in [0, 0.05) is 12.1 Å². The number of nitrogen functional groups attached to an aromatic ring is 1. The predicted octanol–water partition coefficient (Wildman–Crippen LogP) is 2.47. The number of hydrogen-bond acceptors (Lipinski definition) is 3. The largest absolute Gasteiger partial charge is 0.492 e. The summed E-state index contributed by atoms with van der Waals surface area (Å²) in [6.07, 6.45) is 3.95. The average molecular weight is 275 g/mol. The van der Waals surface area contributed by atoms with Crippen LogP contribution in [0.25, 0.3) is 0 Å². The second-order valence-electron chi connectivity index (χ2n) is 5.66. The average Bonchev–Trinajstić information content (AvgIpc) is 2.64. The van der Waals surface area contributed by atoms with Gasteiger partial charge in [0.2, 0.25) is 0 Å². The van der Waals surface area contributed by atoms with Crippen molar-refractivity contribution in [2.75, 3.05) is 26.2 Å². The van der Waals surface area contributed by atoms with Crippen LogP contribution in [-0.4, -0.2) is 37.0 Å². The molecule has 0 bridgehead atoms. The number of rotatable bonds is 5. The van der Waals surface area contributed by atoms with E-state index in [1.807, 2.05) is 24.3 Å². The molecule has 1 aliphatic rings. The molecule has 0 amide bonds. The predicted molar refractivity (Wildman–Crippen MR) is 82.4 cm³/mol. The molecule has 1 fully saturated rings. The number of nitrogens with zero attached hydrogens (tertiary/aromatic N) is 1. The van der Waals surface area contributed by atoms with Crippen LogP contribution in [-0.2, 0) is 0 Å². The Morgan fingerprint density at radius 3 is 2.75 bits per heavy atom. The van der Waals surface area contributed by atoms with Gasteiger partial charge in [0.05, 0.1) is 0 Å². The Morgan fingerprint density at radius 1 is 1.30 bits per heavy atom. The summed E-state index contributed by atoms with van der Waals surface area (Å²) >= 11 is 0. The first-order valence-electron chi connectivity index (χ1n) is 7.45. The van der Waals surface area contributed by atoms with E-state index >= 15 is 0 Å². The van der Waals surface area contributed by atoms with E-state index in [0.717, 1.165) is 23.8 Å². The van der Waals surface area contributed by atoms with Crippen LogP contribution >= 0.6 is 0 Å². The molecular formula is C16H25N3O. The normalized spacial score (nSPS) is 20.4. The molecule has 0 spiro atoms. The Balaban J connectivity index is 1.73. The summed E-state index contributed by atoms with van der Waals surface area (Å²) in [6, 6.07) is 7.40. The third-order valence-corrected chi connectivity index (χ3v) is 3.95. The van der Waals surface area contributed by atoms with Gasteiger partial charge < -0.3 is 10.5 Å². The molecule has 1 heterocycles. The summed E-state index contributed by atoms with van der Waals surface area (Å²) in [5, 5.41) is 7.35. The van der Waals surface area contributed by atoms with E-state index in [4.69, 9.17) is 15.9 Å². The minimum absolute atomic E-state index is 0.0928. The van der Waals surface area contributed by atoms with Crippen LogP contribution in [0.3, 0.4) is 0 Å². The first-order chi connectivity index (χ1) is 9.65. The number of nitrogens with one attached hydrogen (secondary N) is 1. The molecule has 1 aliphatic heterocycles. The molecule has 2 rings (SSSR count). The van der Waals surface area contributed by atoms with Crippen LogP contribution < -0.4 is 10.5 Å². The molecular weight excluding hydrogens is 250 g/mol.